The van der Waals surface area contributed by atoms with Crippen LogP contribution >= 0.6 is 12.4 Å². The maximum atomic E-state index is 13.4. The second-order valence-corrected chi connectivity index (χ2v) is 4.66. The first kappa shape index (κ1) is 15.1. The molecule has 3 N–H and O–H groups in total. The predicted molar refractivity (Wildman–Crippen MR) is 61.7 cm³/mol. The molecule has 1 aromatic carbocycles. The Balaban J connectivity index is 0.00000225. The van der Waals surface area contributed by atoms with E-state index in [9.17, 15) is 13.9 Å². The summed E-state index contributed by atoms with van der Waals surface area (Å²) in [5.74, 6) is -2.06. The fourth-order valence-corrected chi connectivity index (χ4v) is 1.31. The summed E-state index contributed by atoms with van der Waals surface area (Å²) >= 11 is 0. The van der Waals surface area contributed by atoms with Crippen molar-refractivity contribution in [1.82, 2.24) is 0 Å². The van der Waals surface area contributed by atoms with Crippen LogP contribution in [0.4, 0.5) is 8.78 Å². The molecular formula is C11H16ClF2NO. The first-order valence-electron chi connectivity index (χ1n) is 4.67. The van der Waals surface area contributed by atoms with Crippen LogP contribution in [-0.4, -0.2) is 5.11 Å². The molecule has 0 bridgehead atoms. The van der Waals surface area contributed by atoms with Gasteiger partial charge in [-0.15, -0.1) is 12.4 Å². The minimum absolute atomic E-state index is 0. The number of aromatic hydroxyl groups is 1. The summed E-state index contributed by atoms with van der Waals surface area (Å²) in [5.41, 5.74) is 5.36. The van der Waals surface area contributed by atoms with Crippen LogP contribution in [0, 0.1) is 17.0 Å². The van der Waals surface area contributed by atoms with Gasteiger partial charge in [0.1, 0.15) is 17.4 Å². The Hall–Kier alpha value is -0.870. The second kappa shape index (κ2) is 4.97. The highest BCUT2D eigenvalue weighted by atomic mass is 35.5. The van der Waals surface area contributed by atoms with E-state index in [-0.39, 0.29) is 18.0 Å². The zero-order valence-electron chi connectivity index (χ0n) is 9.42. The van der Waals surface area contributed by atoms with E-state index < -0.39 is 28.8 Å². The quantitative estimate of drug-likeness (QED) is 0.806. The van der Waals surface area contributed by atoms with Crippen LogP contribution in [0.25, 0.3) is 0 Å². The van der Waals surface area contributed by atoms with E-state index in [0.717, 1.165) is 12.1 Å². The lowest BCUT2D eigenvalue weighted by Gasteiger charge is -2.28. The second-order valence-electron chi connectivity index (χ2n) is 4.66. The smallest absolute Gasteiger partial charge is 0.134 e. The van der Waals surface area contributed by atoms with Crippen LogP contribution in [0.1, 0.15) is 32.4 Å². The summed E-state index contributed by atoms with van der Waals surface area (Å²) < 4.78 is 26.1. The number of benzene rings is 1. The average molecular weight is 252 g/mol. The fraction of sp³-hybridized carbons (Fsp3) is 0.455. The standard InChI is InChI=1S/C11H15F2NO.ClH/c1-11(2,3)10(14)9-7(13)4-6(12)5-8(9)15;/h4-5,10,15H,14H2,1-3H3;1H/t10-;/m1./s1. The highest BCUT2D eigenvalue weighted by Gasteiger charge is 2.27. The van der Waals surface area contributed by atoms with Crippen molar-refractivity contribution in [2.24, 2.45) is 11.1 Å². The van der Waals surface area contributed by atoms with Gasteiger partial charge in [-0.05, 0) is 5.41 Å². The number of nitrogens with two attached hydrogens (primary N) is 1. The van der Waals surface area contributed by atoms with Gasteiger partial charge in [-0.3, -0.25) is 0 Å². The molecule has 0 aliphatic heterocycles. The lowest BCUT2D eigenvalue weighted by Crippen LogP contribution is -2.27. The van der Waals surface area contributed by atoms with Crippen LogP contribution in [0.15, 0.2) is 12.1 Å². The zero-order chi connectivity index (χ0) is 11.8. The molecule has 0 amide bonds. The van der Waals surface area contributed by atoms with Crippen LogP contribution in [0.3, 0.4) is 0 Å². The predicted octanol–water partition coefficient (Wildman–Crippen LogP) is 3.14. The van der Waals surface area contributed by atoms with Crippen molar-refractivity contribution in [2.45, 2.75) is 26.8 Å². The molecule has 5 heteroatoms. The molecule has 0 heterocycles. The largest absolute Gasteiger partial charge is 0.507 e. The number of halogens is 3. The molecule has 0 saturated carbocycles. The molecule has 0 fully saturated rings. The molecule has 16 heavy (non-hydrogen) atoms. The lowest BCUT2D eigenvalue weighted by atomic mass is 9.82. The van der Waals surface area contributed by atoms with Gasteiger partial charge in [0.25, 0.3) is 0 Å². The minimum Gasteiger partial charge on any atom is -0.507 e. The van der Waals surface area contributed by atoms with Gasteiger partial charge in [-0.2, -0.15) is 0 Å². The van der Waals surface area contributed by atoms with Crippen molar-refractivity contribution in [2.75, 3.05) is 0 Å². The Bertz CT molecular complexity index is 354. The van der Waals surface area contributed by atoms with Gasteiger partial charge in [0.2, 0.25) is 0 Å². The van der Waals surface area contributed by atoms with Gasteiger partial charge in [0.15, 0.2) is 0 Å². The van der Waals surface area contributed by atoms with E-state index in [1.165, 1.54) is 0 Å². The summed E-state index contributed by atoms with van der Waals surface area (Å²) in [5, 5.41) is 9.45. The van der Waals surface area contributed by atoms with Gasteiger partial charge in [0.05, 0.1) is 0 Å². The Morgan fingerprint density at radius 3 is 2.12 bits per heavy atom. The molecule has 0 spiro atoms. The van der Waals surface area contributed by atoms with E-state index >= 15 is 0 Å². The first-order chi connectivity index (χ1) is 6.73. The van der Waals surface area contributed by atoms with Crippen molar-refractivity contribution in [3.8, 4) is 5.75 Å². The van der Waals surface area contributed by atoms with Gasteiger partial charge in [-0.1, -0.05) is 20.8 Å². The van der Waals surface area contributed by atoms with Crippen molar-refractivity contribution in [3.05, 3.63) is 29.3 Å². The third-order valence-electron chi connectivity index (χ3n) is 2.32. The molecule has 0 aliphatic carbocycles. The maximum Gasteiger partial charge on any atom is 0.134 e. The molecule has 0 aromatic heterocycles. The Kier molecular flexibility index (Phi) is 4.70. The molecular weight excluding hydrogens is 236 g/mol. The van der Waals surface area contributed by atoms with Crippen molar-refractivity contribution in [3.63, 3.8) is 0 Å². The summed E-state index contributed by atoms with van der Waals surface area (Å²) in [6.07, 6.45) is 0. The minimum atomic E-state index is -0.810. The molecule has 0 radical (unpaired) electrons. The Labute approximate surface area is 99.9 Å². The van der Waals surface area contributed by atoms with Gasteiger partial charge in [0, 0.05) is 23.7 Å². The van der Waals surface area contributed by atoms with Gasteiger partial charge >= 0.3 is 0 Å². The van der Waals surface area contributed by atoms with Crippen LogP contribution in [-0.2, 0) is 0 Å². The summed E-state index contributed by atoms with van der Waals surface area (Å²) in [7, 11) is 0. The van der Waals surface area contributed by atoms with E-state index in [2.05, 4.69) is 0 Å². The Morgan fingerprint density at radius 2 is 1.75 bits per heavy atom. The molecule has 1 aromatic rings. The molecule has 1 rings (SSSR count). The van der Waals surface area contributed by atoms with Crippen molar-refractivity contribution < 1.29 is 13.9 Å². The lowest BCUT2D eigenvalue weighted by molar-refractivity contribution is 0.308. The van der Waals surface area contributed by atoms with Crippen molar-refractivity contribution >= 4 is 12.4 Å². The molecule has 0 saturated heterocycles. The molecule has 2 nitrogen and oxygen atoms in total. The normalized spacial score (nSPS) is 13.1. The summed E-state index contributed by atoms with van der Waals surface area (Å²) in [6, 6.07) is 0.906. The molecule has 0 aliphatic rings. The summed E-state index contributed by atoms with van der Waals surface area (Å²) in [4.78, 5) is 0. The number of hydrogen-bond acceptors (Lipinski definition) is 2. The fourth-order valence-electron chi connectivity index (χ4n) is 1.31. The Morgan fingerprint density at radius 1 is 1.25 bits per heavy atom. The first-order valence-corrected chi connectivity index (χ1v) is 4.67. The average Bonchev–Trinajstić information content (AvgIpc) is 1.99. The molecule has 92 valence electrons. The van der Waals surface area contributed by atoms with E-state index in [0.29, 0.717) is 0 Å². The molecule has 1 atom stereocenters. The van der Waals surface area contributed by atoms with E-state index in [4.69, 9.17) is 5.73 Å². The highest BCUT2D eigenvalue weighted by molar-refractivity contribution is 5.85. The highest BCUT2D eigenvalue weighted by Crippen LogP contribution is 2.36. The van der Waals surface area contributed by atoms with Crippen LogP contribution < -0.4 is 5.73 Å². The van der Waals surface area contributed by atoms with Crippen LogP contribution in [0.2, 0.25) is 0 Å². The van der Waals surface area contributed by atoms with E-state index in [1.54, 1.807) is 0 Å². The number of phenolic OH excluding ortho intramolecular Hbond substituents is 1. The van der Waals surface area contributed by atoms with Gasteiger partial charge < -0.3 is 10.8 Å². The maximum absolute atomic E-state index is 13.4. The number of rotatable bonds is 1. The monoisotopic (exact) mass is 251 g/mol. The van der Waals surface area contributed by atoms with Crippen LogP contribution in [0.5, 0.6) is 5.75 Å². The van der Waals surface area contributed by atoms with E-state index in [1.807, 2.05) is 20.8 Å². The third kappa shape index (κ3) is 3.06. The molecule has 0 unspecified atom stereocenters. The summed E-state index contributed by atoms with van der Waals surface area (Å²) in [6.45, 7) is 5.46. The number of phenols is 1. The zero-order valence-corrected chi connectivity index (χ0v) is 10.2. The van der Waals surface area contributed by atoms with Crippen molar-refractivity contribution in [1.29, 1.82) is 0 Å². The van der Waals surface area contributed by atoms with Gasteiger partial charge in [-0.25, -0.2) is 8.78 Å². The topological polar surface area (TPSA) is 46.2 Å². The number of hydrogen-bond donors (Lipinski definition) is 2. The third-order valence-corrected chi connectivity index (χ3v) is 2.32. The SMILES string of the molecule is CC(C)(C)[C@H](N)c1c(O)cc(F)cc1F.Cl.